The molecule has 0 aliphatic heterocycles. The van der Waals surface area contributed by atoms with E-state index in [0.717, 1.165) is 16.0 Å². The molecule has 0 amide bonds. The van der Waals surface area contributed by atoms with Crippen LogP contribution in [0.2, 0.25) is 0 Å². The van der Waals surface area contributed by atoms with Crippen LogP contribution in [0, 0.1) is 18.6 Å². The molecular weight excluding hydrogens is 282 g/mol. The number of hydrogen-bond donors (Lipinski definition) is 1. The summed E-state index contributed by atoms with van der Waals surface area (Å²) in [5, 5.41) is 0.818. The van der Waals surface area contributed by atoms with Gasteiger partial charge in [-0.05, 0) is 13.8 Å². The van der Waals surface area contributed by atoms with E-state index in [1.54, 1.807) is 10.8 Å². The smallest absolute Gasteiger partial charge is 0.201 e. The highest BCUT2D eigenvalue weighted by Gasteiger charge is 2.20. The fourth-order valence-electron chi connectivity index (χ4n) is 2.22. The number of thiazole rings is 1. The molecule has 0 spiro atoms. The molecule has 0 saturated carbocycles. The van der Waals surface area contributed by atoms with Gasteiger partial charge in [-0.3, -0.25) is 0 Å². The predicted molar refractivity (Wildman–Crippen MR) is 74.7 cm³/mol. The summed E-state index contributed by atoms with van der Waals surface area (Å²) < 4.78 is 28.7. The number of nitrogens with zero attached hydrogens (tertiary/aromatic N) is 3. The SMILES string of the molecule is Cc1cnc(C(C)n2c(N)nc3c(F)cc(F)cc32)s1. The zero-order valence-corrected chi connectivity index (χ0v) is 11.7. The molecule has 2 heterocycles. The number of imidazole rings is 1. The van der Waals surface area contributed by atoms with E-state index in [9.17, 15) is 8.78 Å². The number of nitrogen functional groups attached to an aromatic ring is 1. The summed E-state index contributed by atoms with van der Waals surface area (Å²) in [6, 6.07) is 1.80. The monoisotopic (exact) mass is 294 g/mol. The molecule has 0 saturated heterocycles. The number of anilines is 1. The highest BCUT2D eigenvalue weighted by molar-refractivity contribution is 7.11. The summed E-state index contributed by atoms with van der Waals surface area (Å²) in [6.45, 7) is 3.82. The zero-order valence-electron chi connectivity index (χ0n) is 10.9. The van der Waals surface area contributed by atoms with Gasteiger partial charge in [0.2, 0.25) is 5.95 Å². The Morgan fingerprint density at radius 3 is 2.75 bits per heavy atom. The average Bonchev–Trinajstić information content (AvgIpc) is 2.92. The fraction of sp³-hybridized carbons (Fsp3) is 0.231. The Bertz CT molecular complexity index is 793. The second kappa shape index (κ2) is 4.52. The highest BCUT2D eigenvalue weighted by Crippen LogP contribution is 2.30. The van der Waals surface area contributed by atoms with Crippen molar-refractivity contribution in [1.82, 2.24) is 14.5 Å². The Morgan fingerprint density at radius 1 is 1.35 bits per heavy atom. The van der Waals surface area contributed by atoms with Gasteiger partial charge < -0.3 is 10.3 Å². The van der Waals surface area contributed by atoms with Crippen LogP contribution in [-0.4, -0.2) is 14.5 Å². The van der Waals surface area contributed by atoms with Crippen molar-refractivity contribution in [2.24, 2.45) is 0 Å². The maximum Gasteiger partial charge on any atom is 0.201 e. The van der Waals surface area contributed by atoms with Crippen LogP contribution in [0.5, 0.6) is 0 Å². The Kier molecular flexibility index (Phi) is 2.93. The Hall–Kier alpha value is -2.02. The van der Waals surface area contributed by atoms with Gasteiger partial charge in [0.1, 0.15) is 16.3 Å². The van der Waals surface area contributed by atoms with Gasteiger partial charge >= 0.3 is 0 Å². The van der Waals surface area contributed by atoms with Gasteiger partial charge in [-0.2, -0.15) is 0 Å². The van der Waals surface area contributed by atoms with Crippen molar-refractivity contribution < 1.29 is 8.78 Å². The molecule has 2 N–H and O–H groups in total. The number of hydrogen-bond acceptors (Lipinski definition) is 4. The molecule has 104 valence electrons. The van der Waals surface area contributed by atoms with E-state index < -0.39 is 11.6 Å². The normalized spacial score (nSPS) is 13.0. The predicted octanol–water partition coefficient (Wildman–Crippen LogP) is 3.27. The lowest BCUT2D eigenvalue weighted by molar-refractivity contribution is 0.588. The van der Waals surface area contributed by atoms with Gasteiger partial charge in [-0.25, -0.2) is 18.7 Å². The Balaban J connectivity index is 2.23. The molecule has 2 aromatic heterocycles. The van der Waals surface area contributed by atoms with Crippen LogP contribution in [-0.2, 0) is 0 Å². The molecule has 20 heavy (non-hydrogen) atoms. The first-order valence-electron chi connectivity index (χ1n) is 6.02. The van der Waals surface area contributed by atoms with Crippen molar-refractivity contribution in [3.63, 3.8) is 0 Å². The minimum absolute atomic E-state index is 0.0732. The molecule has 7 heteroatoms. The van der Waals surface area contributed by atoms with Crippen molar-refractivity contribution in [3.8, 4) is 0 Å². The van der Waals surface area contributed by atoms with Crippen LogP contribution >= 0.6 is 11.3 Å². The topological polar surface area (TPSA) is 56.7 Å². The van der Waals surface area contributed by atoms with E-state index in [-0.39, 0.29) is 17.5 Å². The largest absolute Gasteiger partial charge is 0.369 e. The Morgan fingerprint density at radius 2 is 2.10 bits per heavy atom. The van der Waals surface area contributed by atoms with E-state index in [1.165, 1.54) is 17.4 Å². The first kappa shape index (κ1) is 13.0. The number of fused-ring (bicyclic) bond motifs is 1. The number of aryl methyl sites for hydroxylation is 1. The molecule has 3 rings (SSSR count). The van der Waals surface area contributed by atoms with E-state index in [1.807, 2.05) is 13.8 Å². The first-order chi connectivity index (χ1) is 9.47. The number of benzene rings is 1. The number of rotatable bonds is 2. The van der Waals surface area contributed by atoms with Gasteiger partial charge in [0.25, 0.3) is 0 Å². The maximum absolute atomic E-state index is 13.7. The molecule has 0 aliphatic rings. The van der Waals surface area contributed by atoms with Crippen molar-refractivity contribution in [2.75, 3.05) is 5.73 Å². The van der Waals surface area contributed by atoms with Crippen LogP contribution in [0.25, 0.3) is 11.0 Å². The first-order valence-corrected chi connectivity index (χ1v) is 6.84. The molecule has 4 nitrogen and oxygen atoms in total. The van der Waals surface area contributed by atoms with Crippen molar-refractivity contribution in [1.29, 1.82) is 0 Å². The molecule has 0 fully saturated rings. The van der Waals surface area contributed by atoms with Crippen LogP contribution in [0.1, 0.15) is 22.9 Å². The molecule has 0 bridgehead atoms. The lowest BCUT2D eigenvalue weighted by Gasteiger charge is -2.13. The van der Waals surface area contributed by atoms with E-state index in [0.29, 0.717) is 5.52 Å². The van der Waals surface area contributed by atoms with Gasteiger partial charge in [0.05, 0.1) is 11.6 Å². The average molecular weight is 294 g/mol. The fourth-order valence-corrected chi connectivity index (χ4v) is 3.04. The third-order valence-electron chi connectivity index (χ3n) is 3.12. The number of aromatic nitrogens is 3. The molecule has 1 atom stereocenters. The van der Waals surface area contributed by atoms with Gasteiger partial charge in [0.15, 0.2) is 5.82 Å². The Labute approximate surface area is 117 Å². The summed E-state index contributed by atoms with van der Waals surface area (Å²) in [7, 11) is 0. The summed E-state index contributed by atoms with van der Waals surface area (Å²) in [5.41, 5.74) is 6.26. The molecular formula is C13H12F2N4S. The van der Waals surface area contributed by atoms with Gasteiger partial charge in [-0.15, -0.1) is 11.3 Å². The van der Waals surface area contributed by atoms with E-state index in [4.69, 9.17) is 5.73 Å². The summed E-state index contributed by atoms with van der Waals surface area (Å²) in [6.07, 6.45) is 1.76. The highest BCUT2D eigenvalue weighted by atomic mass is 32.1. The van der Waals surface area contributed by atoms with Crippen molar-refractivity contribution in [2.45, 2.75) is 19.9 Å². The summed E-state index contributed by atoms with van der Waals surface area (Å²) >= 11 is 1.52. The van der Waals surface area contributed by atoms with E-state index >= 15 is 0 Å². The summed E-state index contributed by atoms with van der Waals surface area (Å²) in [5.74, 6) is -1.23. The number of halogens is 2. The molecule has 1 unspecified atom stereocenters. The van der Waals surface area contributed by atoms with Crippen LogP contribution in [0.3, 0.4) is 0 Å². The lowest BCUT2D eigenvalue weighted by Crippen LogP contribution is -2.10. The maximum atomic E-state index is 13.7. The zero-order chi connectivity index (χ0) is 14.4. The van der Waals surface area contributed by atoms with Crippen LogP contribution in [0.15, 0.2) is 18.3 Å². The van der Waals surface area contributed by atoms with Gasteiger partial charge in [-0.1, -0.05) is 0 Å². The summed E-state index contributed by atoms with van der Waals surface area (Å²) in [4.78, 5) is 9.34. The van der Waals surface area contributed by atoms with Crippen molar-refractivity contribution >= 4 is 28.3 Å². The van der Waals surface area contributed by atoms with Crippen LogP contribution in [0.4, 0.5) is 14.7 Å². The van der Waals surface area contributed by atoms with Crippen molar-refractivity contribution in [3.05, 3.63) is 39.8 Å². The van der Waals surface area contributed by atoms with E-state index in [2.05, 4.69) is 9.97 Å². The quantitative estimate of drug-likeness (QED) is 0.789. The molecule has 0 radical (unpaired) electrons. The molecule has 3 aromatic rings. The lowest BCUT2D eigenvalue weighted by atomic mass is 10.2. The minimum atomic E-state index is -0.715. The molecule has 0 aliphatic carbocycles. The van der Waals surface area contributed by atoms with Gasteiger partial charge in [0, 0.05) is 23.2 Å². The third-order valence-corrected chi connectivity index (χ3v) is 4.21. The minimum Gasteiger partial charge on any atom is -0.369 e. The number of nitrogens with two attached hydrogens (primary N) is 1. The third kappa shape index (κ3) is 1.94. The van der Waals surface area contributed by atoms with Crippen LogP contribution < -0.4 is 5.73 Å². The standard InChI is InChI=1S/C13H12F2N4S/c1-6-5-17-12(20-6)7(2)19-10-4-8(14)3-9(15)11(10)18-13(19)16/h3-5,7H,1-2H3,(H2,16,18). The second-order valence-corrected chi connectivity index (χ2v) is 5.85. The molecule has 1 aromatic carbocycles. The second-order valence-electron chi connectivity index (χ2n) is 4.58.